The summed E-state index contributed by atoms with van der Waals surface area (Å²) in [6.45, 7) is -0.261. The lowest BCUT2D eigenvalue weighted by Crippen LogP contribution is -2.20. The molecule has 2 aromatic heterocycles. The van der Waals surface area contributed by atoms with Crippen LogP contribution in [0.3, 0.4) is 0 Å². The minimum atomic E-state index is -0.520. The predicted molar refractivity (Wildman–Crippen MR) is 133 cm³/mol. The fourth-order valence-electron chi connectivity index (χ4n) is 3.52. The summed E-state index contributed by atoms with van der Waals surface area (Å²) < 4.78 is 17.1. The second-order valence-corrected chi connectivity index (χ2v) is 7.92. The van der Waals surface area contributed by atoms with E-state index in [1.807, 2.05) is 36.4 Å². The average molecular weight is 488 g/mol. The SMILES string of the molecule is COC(=O)COc1ccc(C=Nn2c(-c3cc4ccccc4o3)nc3ccccc3c2=O)cc1Cl. The Morgan fingerprint density at radius 2 is 1.91 bits per heavy atom. The van der Waals surface area contributed by atoms with Gasteiger partial charge in [-0.05, 0) is 48.0 Å². The van der Waals surface area contributed by atoms with Crippen LogP contribution in [0.5, 0.6) is 5.75 Å². The van der Waals surface area contributed by atoms with E-state index in [9.17, 15) is 9.59 Å². The van der Waals surface area contributed by atoms with Crippen molar-refractivity contribution in [3.63, 3.8) is 0 Å². The number of aromatic nitrogens is 2. The second-order valence-electron chi connectivity index (χ2n) is 7.52. The van der Waals surface area contributed by atoms with Gasteiger partial charge in [0, 0.05) is 5.39 Å². The summed E-state index contributed by atoms with van der Waals surface area (Å²) in [5.74, 6) is 0.482. The van der Waals surface area contributed by atoms with E-state index in [0.717, 1.165) is 5.39 Å². The molecule has 0 aliphatic rings. The number of halogens is 1. The van der Waals surface area contributed by atoms with E-state index in [0.29, 0.717) is 33.6 Å². The van der Waals surface area contributed by atoms with Crippen LogP contribution in [-0.2, 0) is 9.53 Å². The minimum Gasteiger partial charge on any atom is -0.480 e. The van der Waals surface area contributed by atoms with Crippen molar-refractivity contribution in [1.29, 1.82) is 0 Å². The number of esters is 1. The number of hydrogen-bond donors (Lipinski definition) is 0. The number of rotatable bonds is 6. The number of carbonyl (C=O) groups excluding carboxylic acids is 1. The van der Waals surface area contributed by atoms with Crippen molar-refractivity contribution in [3.8, 4) is 17.3 Å². The Balaban J connectivity index is 1.56. The van der Waals surface area contributed by atoms with Crippen LogP contribution in [0.1, 0.15) is 5.56 Å². The summed E-state index contributed by atoms with van der Waals surface area (Å²) >= 11 is 6.28. The van der Waals surface area contributed by atoms with E-state index in [2.05, 4.69) is 14.8 Å². The Kier molecular flexibility index (Phi) is 6.03. The summed E-state index contributed by atoms with van der Waals surface area (Å²) in [4.78, 5) is 29.3. The van der Waals surface area contributed by atoms with E-state index in [1.54, 1.807) is 36.4 Å². The molecular formula is C26H18ClN3O5. The number of furan rings is 1. The average Bonchev–Trinajstić information content (AvgIpc) is 3.31. The number of carbonyl (C=O) groups is 1. The molecule has 35 heavy (non-hydrogen) atoms. The van der Waals surface area contributed by atoms with Crippen molar-refractivity contribution in [1.82, 2.24) is 9.66 Å². The van der Waals surface area contributed by atoms with Gasteiger partial charge in [-0.15, -0.1) is 0 Å². The van der Waals surface area contributed by atoms with Crippen LogP contribution in [0.4, 0.5) is 0 Å². The van der Waals surface area contributed by atoms with Crippen LogP contribution in [0.25, 0.3) is 33.5 Å². The van der Waals surface area contributed by atoms with Crippen LogP contribution < -0.4 is 10.3 Å². The molecule has 0 atom stereocenters. The first-order valence-corrected chi connectivity index (χ1v) is 11.0. The zero-order valence-corrected chi connectivity index (χ0v) is 19.2. The maximum Gasteiger partial charge on any atom is 0.343 e. The van der Waals surface area contributed by atoms with E-state index in [1.165, 1.54) is 18.0 Å². The number of benzene rings is 3. The number of hydrogen-bond acceptors (Lipinski definition) is 7. The van der Waals surface area contributed by atoms with Gasteiger partial charge < -0.3 is 13.9 Å². The maximum absolute atomic E-state index is 13.3. The molecule has 0 saturated heterocycles. The number of methoxy groups -OCH3 is 1. The van der Waals surface area contributed by atoms with Crippen LogP contribution in [-0.4, -0.2) is 35.6 Å². The third kappa shape index (κ3) is 4.51. The van der Waals surface area contributed by atoms with Gasteiger partial charge >= 0.3 is 5.97 Å². The zero-order chi connectivity index (χ0) is 24.4. The van der Waals surface area contributed by atoms with Gasteiger partial charge in [0.05, 0.1) is 29.2 Å². The zero-order valence-electron chi connectivity index (χ0n) is 18.5. The molecule has 2 heterocycles. The van der Waals surface area contributed by atoms with Crippen molar-refractivity contribution in [2.75, 3.05) is 13.7 Å². The summed E-state index contributed by atoms with van der Waals surface area (Å²) in [6.07, 6.45) is 1.49. The van der Waals surface area contributed by atoms with Gasteiger partial charge in [0.25, 0.3) is 5.56 Å². The summed E-state index contributed by atoms with van der Waals surface area (Å²) in [7, 11) is 1.27. The topological polar surface area (TPSA) is 95.9 Å². The summed E-state index contributed by atoms with van der Waals surface area (Å²) in [6, 6.07) is 21.3. The van der Waals surface area contributed by atoms with Gasteiger partial charge in [0.15, 0.2) is 12.4 Å². The van der Waals surface area contributed by atoms with Crippen molar-refractivity contribution >= 4 is 45.7 Å². The van der Waals surface area contributed by atoms with E-state index < -0.39 is 5.97 Å². The van der Waals surface area contributed by atoms with Crippen molar-refractivity contribution < 1.29 is 18.7 Å². The molecule has 0 aliphatic carbocycles. The third-order valence-corrected chi connectivity index (χ3v) is 5.55. The standard InChI is InChI=1S/C26H18ClN3O5/c1-33-24(31)15-34-22-11-10-16(12-19(22)27)14-28-30-25(23-13-17-6-2-5-9-21(17)35-23)29-20-8-4-3-7-18(20)26(30)32/h2-14H,15H2,1H3. The predicted octanol–water partition coefficient (Wildman–Crippen LogP) is 4.90. The normalized spacial score (nSPS) is 11.4. The molecule has 0 N–H and O–H groups in total. The number of para-hydroxylation sites is 2. The first-order valence-electron chi connectivity index (χ1n) is 10.6. The highest BCUT2D eigenvalue weighted by Crippen LogP contribution is 2.28. The maximum atomic E-state index is 13.3. The van der Waals surface area contributed by atoms with Crippen LogP contribution in [0, 0.1) is 0 Å². The summed E-state index contributed by atoms with van der Waals surface area (Å²) in [5, 5.41) is 6.00. The molecule has 0 fully saturated rings. The van der Waals surface area contributed by atoms with Gasteiger partial charge in [0.1, 0.15) is 11.3 Å². The molecular weight excluding hydrogens is 470 g/mol. The first kappa shape index (κ1) is 22.4. The molecule has 0 spiro atoms. The Morgan fingerprint density at radius 1 is 1.11 bits per heavy atom. The molecule has 0 bridgehead atoms. The fourth-order valence-corrected chi connectivity index (χ4v) is 3.76. The molecule has 0 radical (unpaired) electrons. The molecule has 0 unspecified atom stereocenters. The Labute approximate surface area is 204 Å². The highest BCUT2D eigenvalue weighted by atomic mass is 35.5. The molecule has 9 heteroatoms. The molecule has 5 rings (SSSR count). The largest absolute Gasteiger partial charge is 0.480 e. The van der Waals surface area contributed by atoms with Gasteiger partial charge in [-0.2, -0.15) is 9.78 Å². The van der Waals surface area contributed by atoms with E-state index in [-0.39, 0.29) is 23.0 Å². The molecule has 3 aromatic carbocycles. The Hall–Kier alpha value is -4.43. The van der Waals surface area contributed by atoms with Crippen molar-refractivity contribution in [3.05, 3.63) is 93.7 Å². The fraction of sp³-hybridized carbons (Fsp3) is 0.0769. The monoisotopic (exact) mass is 487 g/mol. The van der Waals surface area contributed by atoms with Crippen LogP contribution >= 0.6 is 11.6 Å². The number of nitrogens with zero attached hydrogens (tertiary/aromatic N) is 3. The van der Waals surface area contributed by atoms with E-state index in [4.69, 9.17) is 20.8 Å². The third-order valence-electron chi connectivity index (χ3n) is 5.25. The van der Waals surface area contributed by atoms with E-state index >= 15 is 0 Å². The van der Waals surface area contributed by atoms with Gasteiger partial charge in [0.2, 0.25) is 5.82 Å². The Bertz CT molecular complexity index is 1620. The number of fused-ring (bicyclic) bond motifs is 2. The lowest BCUT2D eigenvalue weighted by Gasteiger charge is -2.08. The van der Waals surface area contributed by atoms with Crippen molar-refractivity contribution in [2.45, 2.75) is 0 Å². The first-order chi connectivity index (χ1) is 17.0. The molecule has 8 nitrogen and oxygen atoms in total. The van der Waals surface area contributed by atoms with Gasteiger partial charge in [-0.3, -0.25) is 4.79 Å². The quantitative estimate of drug-likeness (QED) is 0.250. The minimum absolute atomic E-state index is 0.261. The lowest BCUT2D eigenvalue weighted by atomic mass is 10.2. The van der Waals surface area contributed by atoms with Gasteiger partial charge in [-0.25, -0.2) is 9.78 Å². The summed E-state index contributed by atoms with van der Waals surface area (Å²) in [5.41, 5.74) is 1.48. The second kappa shape index (κ2) is 9.44. The highest BCUT2D eigenvalue weighted by molar-refractivity contribution is 6.32. The Morgan fingerprint density at radius 3 is 2.71 bits per heavy atom. The molecule has 0 amide bonds. The molecule has 5 aromatic rings. The van der Waals surface area contributed by atoms with Crippen LogP contribution in [0.2, 0.25) is 5.02 Å². The molecule has 174 valence electrons. The molecule has 0 saturated carbocycles. The smallest absolute Gasteiger partial charge is 0.343 e. The highest BCUT2D eigenvalue weighted by Gasteiger charge is 2.16. The molecule has 0 aliphatic heterocycles. The lowest BCUT2D eigenvalue weighted by molar-refractivity contribution is -0.142. The van der Waals surface area contributed by atoms with Crippen LogP contribution in [0.15, 0.2) is 87.1 Å². The van der Waals surface area contributed by atoms with Gasteiger partial charge in [-0.1, -0.05) is 41.9 Å². The van der Waals surface area contributed by atoms with Crippen molar-refractivity contribution in [2.24, 2.45) is 5.10 Å². The number of ether oxygens (including phenoxy) is 2.